The largest absolute Gasteiger partial charge is 0.497 e. The number of carbonyl (C=O) groups is 1. The highest BCUT2D eigenvalue weighted by atomic mass is 79.9. The number of thioether (sulfide) groups is 1. The highest BCUT2D eigenvalue weighted by Gasteiger charge is 2.35. The molecule has 1 amide bonds. The predicted molar refractivity (Wildman–Crippen MR) is 110 cm³/mol. The van der Waals surface area contributed by atoms with Gasteiger partial charge in [-0.05, 0) is 42.3 Å². The maximum absolute atomic E-state index is 12.5. The lowest BCUT2D eigenvalue weighted by Gasteiger charge is -2.15. The second-order valence-corrected chi connectivity index (χ2v) is 7.93. The number of halogens is 1. The van der Waals surface area contributed by atoms with Crippen LogP contribution in [0.5, 0.6) is 5.75 Å². The zero-order valence-corrected chi connectivity index (χ0v) is 16.8. The monoisotopic (exact) mass is 431 g/mol. The summed E-state index contributed by atoms with van der Waals surface area (Å²) in [5.74, 6) is 0.834. The summed E-state index contributed by atoms with van der Waals surface area (Å²) in [6.45, 7) is 2.35. The molecule has 0 saturated carbocycles. The fraction of sp³-hybridized carbons (Fsp3) is 0.211. The van der Waals surface area contributed by atoms with E-state index in [1.54, 1.807) is 18.2 Å². The van der Waals surface area contributed by atoms with Gasteiger partial charge in [0.25, 0.3) is 0 Å². The smallest absolute Gasteiger partial charge is 0.242 e. The Balaban J connectivity index is 1.75. The summed E-state index contributed by atoms with van der Waals surface area (Å²) in [5, 5.41) is 8.88. The fourth-order valence-corrected chi connectivity index (χ4v) is 3.60. The van der Waals surface area contributed by atoms with Crippen LogP contribution in [0, 0.1) is 0 Å². The van der Waals surface area contributed by atoms with Crippen LogP contribution in [-0.2, 0) is 11.3 Å². The van der Waals surface area contributed by atoms with E-state index in [1.165, 1.54) is 11.8 Å². The molecule has 1 saturated heterocycles. The van der Waals surface area contributed by atoms with Crippen molar-refractivity contribution < 1.29 is 9.53 Å². The molecule has 0 bridgehead atoms. The van der Waals surface area contributed by atoms with Gasteiger partial charge < -0.3 is 4.74 Å². The van der Waals surface area contributed by atoms with Crippen molar-refractivity contribution in [3.05, 3.63) is 64.1 Å². The average molecular weight is 432 g/mol. The van der Waals surface area contributed by atoms with Crippen molar-refractivity contribution in [2.45, 2.75) is 18.7 Å². The number of hydrogen-bond acceptors (Lipinski definition) is 5. The van der Waals surface area contributed by atoms with Crippen LogP contribution in [0.1, 0.15) is 18.1 Å². The minimum absolute atomic E-state index is 0.0448. The zero-order valence-electron chi connectivity index (χ0n) is 14.4. The molecule has 1 heterocycles. The van der Waals surface area contributed by atoms with E-state index in [-0.39, 0.29) is 11.2 Å². The number of ether oxygens (including phenoxy) is 1. The van der Waals surface area contributed by atoms with E-state index in [9.17, 15) is 4.79 Å². The van der Waals surface area contributed by atoms with Crippen LogP contribution >= 0.6 is 27.7 Å². The zero-order chi connectivity index (χ0) is 18.5. The number of carbonyl (C=O) groups excluding carboxylic acids is 1. The van der Waals surface area contributed by atoms with Crippen molar-refractivity contribution >= 4 is 45.0 Å². The summed E-state index contributed by atoms with van der Waals surface area (Å²) in [6.07, 6.45) is 1.68. The van der Waals surface area contributed by atoms with E-state index in [0.717, 1.165) is 21.3 Å². The standard InChI is InChI=1S/C19H18BrN3O2S/c1-13-18(24)23(12-15-5-9-17(25-2)10-6-15)19(26-13)22-21-11-14-3-7-16(20)8-4-14/h3-11,13H,12H2,1-2H3/b21-11-,22-19+/t13-/m0/s1. The van der Waals surface area contributed by atoms with E-state index >= 15 is 0 Å². The van der Waals surface area contributed by atoms with Gasteiger partial charge in [-0.2, -0.15) is 5.10 Å². The number of methoxy groups -OCH3 is 1. The van der Waals surface area contributed by atoms with Gasteiger partial charge >= 0.3 is 0 Å². The van der Waals surface area contributed by atoms with Crippen LogP contribution in [0.3, 0.4) is 0 Å². The van der Waals surface area contributed by atoms with Gasteiger partial charge in [-0.15, -0.1) is 5.10 Å². The molecule has 2 aromatic carbocycles. The van der Waals surface area contributed by atoms with Gasteiger partial charge in [0, 0.05) is 4.47 Å². The van der Waals surface area contributed by atoms with Crippen molar-refractivity contribution in [2.75, 3.05) is 7.11 Å². The Morgan fingerprint density at radius 2 is 1.88 bits per heavy atom. The SMILES string of the molecule is COc1ccc(CN2C(=O)[C@H](C)S/C2=N/N=C\c2ccc(Br)cc2)cc1. The molecular formula is C19H18BrN3O2S. The normalized spacial score (nSPS) is 18.9. The molecule has 2 aromatic rings. The van der Waals surface area contributed by atoms with Gasteiger partial charge in [-0.25, -0.2) is 0 Å². The third-order valence-corrected chi connectivity index (χ3v) is 5.44. The van der Waals surface area contributed by atoms with Crippen LogP contribution in [0.15, 0.2) is 63.2 Å². The molecule has 0 radical (unpaired) electrons. The highest BCUT2D eigenvalue weighted by molar-refractivity contribution is 9.10. The van der Waals surface area contributed by atoms with Crippen LogP contribution in [0.25, 0.3) is 0 Å². The summed E-state index contributed by atoms with van der Waals surface area (Å²) in [5.41, 5.74) is 1.96. The van der Waals surface area contributed by atoms with Crippen LogP contribution < -0.4 is 4.74 Å². The molecule has 7 heteroatoms. The molecule has 1 aliphatic heterocycles. The minimum Gasteiger partial charge on any atom is -0.497 e. The highest BCUT2D eigenvalue weighted by Crippen LogP contribution is 2.28. The fourth-order valence-electron chi connectivity index (χ4n) is 2.42. The molecule has 1 atom stereocenters. The van der Waals surface area contributed by atoms with E-state index in [1.807, 2.05) is 55.5 Å². The quantitative estimate of drug-likeness (QED) is 0.523. The van der Waals surface area contributed by atoms with Gasteiger partial charge in [-0.3, -0.25) is 9.69 Å². The maximum Gasteiger partial charge on any atom is 0.242 e. The molecule has 0 aliphatic carbocycles. The first-order chi connectivity index (χ1) is 12.6. The molecule has 0 aromatic heterocycles. The number of nitrogens with zero attached hydrogens (tertiary/aromatic N) is 3. The molecule has 134 valence electrons. The van der Waals surface area contributed by atoms with E-state index < -0.39 is 0 Å². The Hall–Kier alpha value is -2.12. The van der Waals surface area contributed by atoms with Crippen molar-refractivity contribution in [1.29, 1.82) is 0 Å². The Morgan fingerprint density at radius 1 is 1.19 bits per heavy atom. The molecule has 1 aliphatic rings. The number of amides is 1. The van der Waals surface area contributed by atoms with Crippen LogP contribution in [0.4, 0.5) is 0 Å². The van der Waals surface area contributed by atoms with Crippen LogP contribution in [-0.4, -0.2) is 34.5 Å². The van der Waals surface area contributed by atoms with E-state index in [2.05, 4.69) is 26.1 Å². The van der Waals surface area contributed by atoms with E-state index in [0.29, 0.717) is 11.7 Å². The minimum atomic E-state index is -0.158. The summed E-state index contributed by atoms with van der Waals surface area (Å²) < 4.78 is 6.18. The van der Waals surface area contributed by atoms with Gasteiger partial charge in [-0.1, -0.05) is 52.0 Å². The third-order valence-electron chi connectivity index (χ3n) is 3.85. The van der Waals surface area contributed by atoms with Crippen molar-refractivity contribution in [3.8, 4) is 5.75 Å². The van der Waals surface area contributed by atoms with Crippen LogP contribution in [0.2, 0.25) is 0 Å². The van der Waals surface area contributed by atoms with E-state index in [4.69, 9.17) is 4.74 Å². The predicted octanol–water partition coefficient (Wildman–Crippen LogP) is 4.31. The van der Waals surface area contributed by atoms with Crippen molar-refractivity contribution in [3.63, 3.8) is 0 Å². The molecular weight excluding hydrogens is 414 g/mol. The lowest BCUT2D eigenvalue weighted by molar-refractivity contribution is -0.126. The number of benzene rings is 2. The Morgan fingerprint density at radius 3 is 2.54 bits per heavy atom. The number of rotatable bonds is 5. The molecule has 5 nitrogen and oxygen atoms in total. The lowest BCUT2D eigenvalue weighted by atomic mass is 10.2. The Bertz CT molecular complexity index is 835. The first-order valence-corrected chi connectivity index (χ1v) is 9.71. The van der Waals surface area contributed by atoms with Gasteiger partial charge in [0.05, 0.1) is 25.1 Å². The topological polar surface area (TPSA) is 54.3 Å². The lowest BCUT2D eigenvalue weighted by Crippen LogP contribution is -2.30. The molecule has 0 unspecified atom stereocenters. The maximum atomic E-state index is 12.5. The first-order valence-electron chi connectivity index (χ1n) is 8.04. The Labute approximate surface area is 165 Å². The third kappa shape index (κ3) is 4.53. The van der Waals surface area contributed by atoms with Gasteiger partial charge in [0.1, 0.15) is 5.75 Å². The summed E-state index contributed by atoms with van der Waals surface area (Å²) in [4.78, 5) is 14.1. The number of hydrogen-bond donors (Lipinski definition) is 0. The summed E-state index contributed by atoms with van der Waals surface area (Å²) in [7, 11) is 1.63. The molecule has 26 heavy (non-hydrogen) atoms. The second-order valence-electron chi connectivity index (χ2n) is 5.71. The molecule has 3 rings (SSSR count). The Kier molecular flexibility index (Phi) is 6.11. The molecule has 1 fully saturated rings. The van der Waals surface area contributed by atoms with Gasteiger partial charge in [0.2, 0.25) is 5.91 Å². The molecule has 0 spiro atoms. The first kappa shape index (κ1) is 18.7. The summed E-state index contributed by atoms with van der Waals surface area (Å²) >= 11 is 4.83. The van der Waals surface area contributed by atoms with Gasteiger partial charge in [0.15, 0.2) is 5.17 Å². The van der Waals surface area contributed by atoms with Crippen molar-refractivity contribution in [2.24, 2.45) is 10.2 Å². The second kappa shape index (κ2) is 8.51. The average Bonchev–Trinajstić information content (AvgIpc) is 2.92. The van der Waals surface area contributed by atoms with Crippen molar-refractivity contribution in [1.82, 2.24) is 4.90 Å². The molecule has 0 N–H and O–H groups in total. The number of amidine groups is 1. The summed E-state index contributed by atoms with van der Waals surface area (Å²) in [6, 6.07) is 15.4.